The lowest BCUT2D eigenvalue weighted by Crippen LogP contribution is -2.17. The maximum Gasteiger partial charge on any atom is 0.271 e. The molecule has 0 aromatic carbocycles. The lowest BCUT2D eigenvalue weighted by molar-refractivity contribution is 0.178. The number of pyridine rings is 1. The van der Waals surface area contributed by atoms with Crippen molar-refractivity contribution in [1.82, 2.24) is 14.6 Å². The van der Waals surface area contributed by atoms with E-state index in [9.17, 15) is 4.79 Å². The second kappa shape index (κ2) is 4.00. The van der Waals surface area contributed by atoms with Crippen molar-refractivity contribution in [3.05, 3.63) is 33.9 Å². The highest BCUT2D eigenvalue weighted by Gasteiger charge is 2.21. The molecule has 0 radical (unpaired) electrons. The molecule has 0 aliphatic heterocycles. The molecule has 1 N–H and O–H groups in total. The summed E-state index contributed by atoms with van der Waals surface area (Å²) in [6.07, 6.45) is 3.63. The summed E-state index contributed by atoms with van der Waals surface area (Å²) in [7, 11) is 1.61. The van der Waals surface area contributed by atoms with E-state index in [0.717, 1.165) is 5.56 Å². The van der Waals surface area contributed by atoms with Crippen molar-refractivity contribution in [1.29, 1.82) is 0 Å². The van der Waals surface area contributed by atoms with Crippen molar-refractivity contribution in [3.63, 3.8) is 0 Å². The van der Waals surface area contributed by atoms with Gasteiger partial charge in [0.25, 0.3) is 5.56 Å². The number of nitrogens with one attached hydrogen (secondary N) is 1. The van der Waals surface area contributed by atoms with Crippen LogP contribution in [-0.2, 0) is 11.3 Å². The summed E-state index contributed by atoms with van der Waals surface area (Å²) >= 11 is 0. The first-order valence-corrected chi connectivity index (χ1v) is 5.88. The largest absolute Gasteiger partial charge is 0.377 e. The molecular formula is C12H15N3O2. The minimum Gasteiger partial charge on any atom is -0.377 e. The Morgan fingerprint density at radius 2 is 2.35 bits per heavy atom. The van der Waals surface area contributed by atoms with Crippen LogP contribution in [0, 0.1) is 0 Å². The van der Waals surface area contributed by atoms with Gasteiger partial charge in [0.15, 0.2) is 5.65 Å². The highest BCUT2D eigenvalue weighted by molar-refractivity contribution is 5.42. The standard InChI is InChI=1S/C12H15N3O2/c1-17-7-10-13-11-5-9(8-3-2-4-8)6-12(16)15(11)14-10/h5-6,8H,2-4,7H2,1H3,(H,13,14). The lowest BCUT2D eigenvalue weighted by atomic mass is 9.80. The first-order chi connectivity index (χ1) is 8.28. The minimum absolute atomic E-state index is 0.0424. The molecule has 1 aliphatic rings. The fourth-order valence-electron chi connectivity index (χ4n) is 2.24. The number of fused-ring (bicyclic) bond motifs is 1. The molecule has 1 aliphatic carbocycles. The van der Waals surface area contributed by atoms with E-state index in [1.807, 2.05) is 6.07 Å². The van der Waals surface area contributed by atoms with Crippen molar-refractivity contribution in [2.24, 2.45) is 0 Å². The maximum atomic E-state index is 11.9. The first-order valence-electron chi connectivity index (χ1n) is 5.88. The monoisotopic (exact) mass is 233 g/mol. The lowest BCUT2D eigenvalue weighted by Gasteiger charge is -2.25. The zero-order valence-corrected chi connectivity index (χ0v) is 9.77. The quantitative estimate of drug-likeness (QED) is 0.872. The van der Waals surface area contributed by atoms with Crippen LogP contribution in [0.15, 0.2) is 16.9 Å². The van der Waals surface area contributed by atoms with Crippen LogP contribution in [0.5, 0.6) is 0 Å². The topological polar surface area (TPSA) is 59.4 Å². The Morgan fingerprint density at radius 1 is 1.53 bits per heavy atom. The average Bonchev–Trinajstić information content (AvgIpc) is 2.59. The van der Waals surface area contributed by atoms with E-state index >= 15 is 0 Å². The van der Waals surface area contributed by atoms with Crippen LogP contribution in [0.2, 0.25) is 0 Å². The van der Waals surface area contributed by atoms with Crippen molar-refractivity contribution in [2.45, 2.75) is 31.8 Å². The number of aromatic amines is 1. The fraction of sp³-hybridized carbons (Fsp3) is 0.500. The van der Waals surface area contributed by atoms with Crippen LogP contribution in [0.1, 0.15) is 36.6 Å². The van der Waals surface area contributed by atoms with Crippen LogP contribution >= 0.6 is 0 Å². The van der Waals surface area contributed by atoms with Gasteiger partial charge in [0.2, 0.25) is 0 Å². The highest BCUT2D eigenvalue weighted by Crippen LogP contribution is 2.35. The van der Waals surface area contributed by atoms with Gasteiger partial charge < -0.3 is 4.74 Å². The Bertz CT molecular complexity index is 595. The maximum absolute atomic E-state index is 11.9. The molecule has 0 atom stereocenters. The number of H-pyrrole nitrogens is 1. The smallest absolute Gasteiger partial charge is 0.271 e. The normalized spacial score (nSPS) is 16.3. The second-order valence-corrected chi connectivity index (χ2v) is 4.55. The molecule has 2 aromatic rings. The van der Waals surface area contributed by atoms with Crippen LogP contribution in [0.4, 0.5) is 0 Å². The minimum atomic E-state index is -0.0424. The van der Waals surface area contributed by atoms with Crippen LogP contribution in [0.25, 0.3) is 5.65 Å². The van der Waals surface area contributed by atoms with E-state index in [2.05, 4.69) is 10.1 Å². The predicted molar refractivity (Wildman–Crippen MR) is 63.1 cm³/mol. The van der Waals surface area contributed by atoms with E-state index in [0.29, 0.717) is 24.0 Å². The fourth-order valence-corrected chi connectivity index (χ4v) is 2.24. The van der Waals surface area contributed by atoms with Gasteiger partial charge in [0.05, 0.1) is 0 Å². The van der Waals surface area contributed by atoms with Crippen LogP contribution in [0.3, 0.4) is 0 Å². The van der Waals surface area contributed by atoms with Gasteiger partial charge in [-0.2, -0.15) is 0 Å². The molecular weight excluding hydrogens is 218 g/mol. The molecule has 0 spiro atoms. The molecule has 0 bridgehead atoms. The number of ether oxygens (including phenoxy) is 1. The number of aromatic nitrogens is 3. The predicted octanol–water partition coefficient (Wildman–Crippen LogP) is 1.44. The summed E-state index contributed by atoms with van der Waals surface area (Å²) in [5.41, 5.74) is 1.77. The van der Waals surface area contributed by atoms with Gasteiger partial charge in [-0.25, -0.2) is 9.50 Å². The van der Waals surface area contributed by atoms with Gasteiger partial charge in [-0.3, -0.25) is 9.89 Å². The molecule has 0 amide bonds. The zero-order valence-electron chi connectivity index (χ0n) is 9.77. The van der Waals surface area contributed by atoms with E-state index in [-0.39, 0.29) is 5.56 Å². The molecule has 5 heteroatoms. The van der Waals surface area contributed by atoms with Crippen molar-refractivity contribution >= 4 is 5.65 Å². The molecule has 0 saturated heterocycles. The van der Waals surface area contributed by atoms with Crippen LogP contribution in [-0.4, -0.2) is 21.7 Å². The number of rotatable bonds is 3. The Balaban J connectivity index is 2.08. The highest BCUT2D eigenvalue weighted by atomic mass is 16.5. The van der Waals surface area contributed by atoms with E-state index in [1.54, 1.807) is 13.2 Å². The third-order valence-electron chi connectivity index (χ3n) is 3.38. The Labute approximate surface area is 98.4 Å². The van der Waals surface area contributed by atoms with Gasteiger partial charge in [0, 0.05) is 13.2 Å². The molecule has 1 saturated carbocycles. The van der Waals surface area contributed by atoms with Gasteiger partial charge in [-0.05, 0) is 30.4 Å². The number of hydrogen-bond donors (Lipinski definition) is 1. The Hall–Kier alpha value is -1.62. The molecule has 3 rings (SSSR count). The molecule has 2 aromatic heterocycles. The van der Waals surface area contributed by atoms with Crippen molar-refractivity contribution < 1.29 is 4.74 Å². The third-order valence-corrected chi connectivity index (χ3v) is 3.38. The van der Waals surface area contributed by atoms with E-state index in [4.69, 9.17) is 4.74 Å². The number of methoxy groups -OCH3 is 1. The Kier molecular flexibility index (Phi) is 2.48. The molecule has 1 fully saturated rings. The summed E-state index contributed by atoms with van der Waals surface area (Å²) in [5, 5.41) is 2.94. The van der Waals surface area contributed by atoms with Crippen molar-refractivity contribution in [2.75, 3.05) is 7.11 Å². The summed E-state index contributed by atoms with van der Waals surface area (Å²) in [6, 6.07) is 3.71. The van der Waals surface area contributed by atoms with E-state index < -0.39 is 0 Å². The molecule has 2 heterocycles. The molecule has 17 heavy (non-hydrogen) atoms. The van der Waals surface area contributed by atoms with Gasteiger partial charge in [-0.15, -0.1) is 0 Å². The number of hydrogen-bond acceptors (Lipinski definition) is 3. The summed E-state index contributed by atoms with van der Waals surface area (Å²) in [4.78, 5) is 16.3. The van der Waals surface area contributed by atoms with Gasteiger partial charge >= 0.3 is 0 Å². The second-order valence-electron chi connectivity index (χ2n) is 4.55. The van der Waals surface area contributed by atoms with E-state index in [1.165, 1.54) is 23.8 Å². The summed E-state index contributed by atoms with van der Waals surface area (Å²) in [6.45, 7) is 0.389. The molecule has 5 nitrogen and oxygen atoms in total. The van der Waals surface area contributed by atoms with Gasteiger partial charge in [-0.1, -0.05) is 6.42 Å². The Morgan fingerprint density at radius 3 is 3.00 bits per heavy atom. The van der Waals surface area contributed by atoms with Crippen molar-refractivity contribution in [3.8, 4) is 0 Å². The molecule has 0 unspecified atom stereocenters. The van der Waals surface area contributed by atoms with Gasteiger partial charge in [0.1, 0.15) is 12.4 Å². The average molecular weight is 233 g/mol. The zero-order chi connectivity index (χ0) is 11.8. The van der Waals surface area contributed by atoms with Crippen LogP contribution < -0.4 is 5.56 Å². The first kappa shape index (κ1) is 10.5. The SMILES string of the molecule is COCc1nc2cc(C3CCC3)cc(=O)n2[nH]1. The summed E-state index contributed by atoms with van der Waals surface area (Å²) < 4.78 is 6.47. The third kappa shape index (κ3) is 1.76. The number of nitrogens with zero attached hydrogens (tertiary/aromatic N) is 2. The molecule has 90 valence electrons. The summed E-state index contributed by atoms with van der Waals surface area (Å²) in [5.74, 6) is 1.23.